The third kappa shape index (κ3) is 12.7. The molecule has 504 valence electrons. The van der Waals surface area contributed by atoms with Crippen molar-refractivity contribution in [2.45, 2.75) is 0 Å². The van der Waals surface area contributed by atoms with Crippen molar-refractivity contribution in [1.82, 2.24) is 39.9 Å². The zero-order valence-corrected chi connectivity index (χ0v) is 58.5. The van der Waals surface area contributed by atoms with Crippen molar-refractivity contribution in [2.24, 2.45) is 0 Å². The molecule has 0 aliphatic rings. The van der Waals surface area contributed by atoms with Crippen molar-refractivity contribution < 1.29 is 0 Å². The smallest absolute Gasteiger partial charge is 0.164 e. The van der Waals surface area contributed by atoms with E-state index >= 15 is 0 Å². The fourth-order valence-electron chi connectivity index (χ4n) is 14.7. The van der Waals surface area contributed by atoms with E-state index < -0.39 is 0 Å². The number of pyridine rings is 2. The molecule has 0 N–H and O–H groups in total. The van der Waals surface area contributed by atoms with Crippen LogP contribution in [-0.2, 0) is 0 Å². The van der Waals surface area contributed by atoms with Crippen molar-refractivity contribution in [3.8, 4) is 135 Å². The predicted molar refractivity (Wildman–Crippen MR) is 446 cm³/mol. The summed E-state index contributed by atoms with van der Waals surface area (Å²) in [7, 11) is 0. The lowest BCUT2D eigenvalue weighted by Crippen LogP contribution is -2.00. The Morgan fingerprint density at radius 3 is 0.824 bits per heavy atom. The monoisotopic (exact) mass is 1380 g/mol. The lowest BCUT2D eigenvalue weighted by molar-refractivity contribution is 1.07. The molecule has 8 heteroatoms. The van der Waals surface area contributed by atoms with E-state index in [0.29, 0.717) is 34.9 Å². The molecule has 20 aromatic rings. The third-order valence-electron chi connectivity index (χ3n) is 20.2. The minimum atomic E-state index is 0.630. The number of nitrogens with zero attached hydrogens (tertiary/aromatic N) is 8. The Bertz CT molecular complexity index is 6690. The van der Waals surface area contributed by atoms with Crippen LogP contribution in [0.3, 0.4) is 0 Å². The SMILES string of the molecule is c1ccc(-c2ccc(-c3nc(-c4ccccc4)nc(-c4ccc(-c5cccc(-c6nc7c8ccccc8ccc7c7ccccc67)c5)cc4)n3)cc2)cc1.c1ccc(-c2ccc(-c3nc(-c4ccccc4)nc(-c4ccc(-c5cccc(-c6nc7cc8ccccc8cc7c7ccccc67)c5)cc4)n3)cc2)cc1. The molecule has 0 aliphatic heterocycles. The van der Waals surface area contributed by atoms with Gasteiger partial charge in [-0.15, -0.1) is 0 Å². The van der Waals surface area contributed by atoms with Gasteiger partial charge in [0.2, 0.25) is 0 Å². The lowest BCUT2D eigenvalue weighted by atomic mass is 9.95. The molecule has 0 spiro atoms. The lowest BCUT2D eigenvalue weighted by Gasteiger charge is -2.13. The van der Waals surface area contributed by atoms with Gasteiger partial charge >= 0.3 is 0 Å². The van der Waals surface area contributed by atoms with Crippen molar-refractivity contribution in [2.75, 3.05) is 0 Å². The van der Waals surface area contributed by atoms with Crippen molar-refractivity contribution in [3.05, 3.63) is 388 Å². The summed E-state index contributed by atoms with van der Waals surface area (Å²) < 4.78 is 0. The normalized spacial score (nSPS) is 11.3. The van der Waals surface area contributed by atoms with Crippen molar-refractivity contribution in [3.63, 3.8) is 0 Å². The summed E-state index contributed by atoms with van der Waals surface area (Å²) in [4.78, 5) is 40.4. The van der Waals surface area contributed by atoms with E-state index in [1.54, 1.807) is 0 Å². The number of fused-ring (bicyclic) bond motifs is 9. The van der Waals surface area contributed by atoms with E-state index in [-0.39, 0.29) is 0 Å². The Morgan fingerprint density at radius 2 is 0.407 bits per heavy atom. The van der Waals surface area contributed by atoms with Crippen molar-refractivity contribution in [1.29, 1.82) is 0 Å². The van der Waals surface area contributed by atoms with Gasteiger partial charge in [0.05, 0.1) is 22.4 Å². The largest absolute Gasteiger partial charge is 0.247 e. The first kappa shape index (κ1) is 64.3. The molecule has 0 saturated carbocycles. The molecular formula is C100H64N8. The fourth-order valence-corrected chi connectivity index (χ4v) is 14.7. The van der Waals surface area contributed by atoms with Gasteiger partial charge in [0.25, 0.3) is 0 Å². The first-order valence-corrected chi connectivity index (χ1v) is 36.3. The van der Waals surface area contributed by atoms with Gasteiger partial charge in [0, 0.05) is 71.4 Å². The minimum Gasteiger partial charge on any atom is -0.247 e. The maximum Gasteiger partial charge on any atom is 0.164 e. The second-order valence-corrected chi connectivity index (χ2v) is 27.0. The van der Waals surface area contributed by atoms with E-state index in [0.717, 1.165) is 116 Å². The van der Waals surface area contributed by atoms with E-state index in [4.69, 9.17) is 39.9 Å². The number of benzene rings is 16. The van der Waals surface area contributed by atoms with Gasteiger partial charge in [0.1, 0.15) is 0 Å². The summed E-state index contributed by atoms with van der Waals surface area (Å²) in [6.07, 6.45) is 0. The van der Waals surface area contributed by atoms with Gasteiger partial charge in [-0.2, -0.15) is 0 Å². The predicted octanol–water partition coefficient (Wildman–Crippen LogP) is 25.5. The Morgan fingerprint density at radius 1 is 0.130 bits per heavy atom. The molecule has 0 unspecified atom stereocenters. The third-order valence-corrected chi connectivity index (χ3v) is 20.2. The van der Waals surface area contributed by atoms with Crippen molar-refractivity contribution >= 4 is 64.9 Å². The van der Waals surface area contributed by atoms with Gasteiger partial charge in [-0.05, 0) is 95.7 Å². The molecule has 16 aromatic carbocycles. The highest BCUT2D eigenvalue weighted by Gasteiger charge is 2.19. The van der Waals surface area contributed by atoms with Crippen LogP contribution in [0.5, 0.6) is 0 Å². The molecule has 0 saturated heterocycles. The van der Waals surface area contributed by atoms with Gasteiger partial charge < -0.3 is 0 Å². The highest BCUT2D eigenvalue weighted by atomic mass is 15.0. The number of hydrogen-bond acceptors (Lipinski definition) is 8. The summed E-state index contributed by atoms with van der Waals surface area (Å²) in [6.45, 7) is 0. The van der Waals surface area contributed by atoms with E-state index in [2.05, 4.69) is 315 Å². The Balaban J connectivity index is 0.000000147. The van der Waals surface area contributed by atoms with Crippen LogP contribution in [0.4, 0.5) is 0 Å². The number of aromatic nitrogens is 8. The topological polar surface area (TPSA) is 103 Å². The molecule has 0 bridgehead atoms. The van der Waals surface area contributed by atoms with E-state index in [9.17, 15) is 0 Å². The zero-order valence-electron chi connectivity index (χ0n) is 58.5. The molecule has 0 fully saturated rings. The van der Waals surface area contributed by atoms with Gasteiger partial charge in [-0.25, -0.2) is 39.9 Å². The molecular weight excluding hydrogens is 1310 g/mol. The molecule has 0 aliphatic carbocycles. The molecule has 0 amide bonds. The summed E-state index contributed by atoms with van der Waals surface area (Å²) in [5, 5.41) is 11.8. The van der Waals surface area contributed by atoms with Crippen LogP contribution in [0.15, 0.2) is 388 Å². The van der Waals surface area contributed by atoms with E-state index in [1.165, 1.54) is 48.8 Å². The minimum absolute atomic E-state index is 0.630. The van der Waals surface area contributed by atoms with Crippen LogP contribution in [0, 0.1) is 0 Å². The van der Waals surface area contributed by atoms with Crippen LogP contribution < -0.4 is 0 Å². The second kappa shape index (κ2) is 28.2. The van der Waals surface area contributed by atoms with Gasteiger partial charge in [-0.1, -0.05) is 364 Å². The zero-order chi connectivity index (χ0) is 71.7. The van der Waals surface area contributed by atoms with Crippen LogP contribution in [0.1, 0.15) is 0 Å². The maximum absolute atomic E-state index is 5.35. The highest BCUT2D eigenvalue weighted by molar-refractivity contribution is 6.18. The molecule has 108 heavy (non-hydrogen) atoms. The Hall–Kier alpha value is -14.6. The van der Waals surface area contributed by atoms with Crippen LogP contribution in [0.2, 0.25) is 0 Å². The average Bonchev–Trinajstić information content (AvgIpc) is 0.752. The van der Waals surface area contributed by atoms with Gasteiger partial charge in [0.15, 0.2) is 34.9 Å². The first-order valence-electron chi connectivity index (χ1n) is 36.3. The van der Waals surface area contributed by atoms with Gasteiger partial charge in [-0.3, -0.25) is 0 Å². The molecule has 4 heterocycles. The summed E-state index contributed by atoms with van der Waals surface area (Å²) >= 11 is 0. The molecule has 0 atom stereocenters. The highest BCUT2D eigenvalue weighted by Crippen LogP contribution is 2.40. The second-order valence-electron chi connectivity index (χ2n) is 27.0. The first-order chi connectivity index (χ1) is 53.5. The Kier molecular flexibility index (Phi) is 16.8. The summed E-state index contributed by atoms with van der Waals surface area (Å²) in [5.41, 5.74) is 20.8. The average molecular weight is 1380 g/mol. The summed E-state index contributed by atoms with van der Waals surface area (Å²) in [6, 6.07) is 135. The molecule has 8 nitrogen and oxygen atoms in total. The quantitative estimate of drug-likeness (QED) is 0.0880. The fraction of sp³-hybridized carbons (Fsp3) is 0. The van der Waals surface area contributed by atoms with Crippen LogP contribution >= 0.6 is 0 Å². The Labute approximate surface area is 624 Å². The number of rotatable bonds is 12. The van der Waals surface area contributed by atoms with Crippen LogP contribution in [-0.4, -0.2) is 39.9 Å². The standard InChI is InChI=1S/2C50H32N4/c1-3-12-33(13-4-1)34-22-26-38(27-23-34)49-52-48(37-15-5-2-6-16-37)53-50(54-49)39-28-24-35(25-29-39)40-17-11-18-41(32-40)46-44-21-10-9-20-43(44)45-31-30-36-14-7-8-19-42(36)47(45)51-46;1-3-12-33(13-4-1)34-22-26-37(27-23-34)49-52-48(36-14-5-2-6-15-36)53-50(54-49)38-28-24-35(25-29-38)39-18-11-19-42(30-39)47-44-21-10-9-20-43(44)45-31-40-16-7-8-17-41(40)32-46(45)51-47/h2*1-32H. The molecule has 0 radical (unpaired) electrons. The summed E-state index contributed by atoms with van der Waals surface area (Å²) in [5.74, 6) is 3.82. The maximum atomic E-state index is 5.35. The molecule has 4 aromatic heterocycles. The molecule has 20 rings (SSSR count). The van der Waals surface area contributed by atoms with Crippen LogP contribution in [0.25, 0.3) is 200 Å². The number of hydrogen-bond donors (Lipinski definition) is 0. The van der Waals surface area contributed by atoms with E-state index in [1.807, 2.05) is 72.8 Å².